The van der Waals surface area contributed by atoms with Crippen molar-refractivity contribution in [3.8, 4) is 0 Å². The molecular formula is C9H12F3N3O2S. The number of nitrogens with two attached hydrogens (primary N) is 1. The van der Waals surface area contributed by atoms with E-state index in [2.05, 4.69) is 4.98 Å². The highest BCUT2D eigenvalue weighted by Gasteiger charge is 2.27. The van der Waals surface area contributed by atoms with E-state index in [4.69, 9.17) is 5.73 Å². The Morgan fingerprint density at radius 1 is 1.33 bits per heavy atom. The van der Waals surface area contributed by atoms with Crippen LogP contribution < -0.4 is 10.5 Å². The third-order valence-electron chi connectivity index (χ3n) is 2.02. The van der Waals surface area contributed by atoms with Crippen LogP contribution in [0.5, 0.6) is 0 Å². The van der Waals surface area contributed by atoms with Crippen molar-refractivity contribution in [3.63, 3.8) is 0 Å². The van der Waals surface area contributed by atoms with Crippen LogP contribution >= 0.6 is 0 Å². The molecule has 102 valence electrons. The monoisotopic (exact) mass is 283 g/mol. The molecule has 0 bridgehead atoms. The molecule has 3 N–H and O–H groups in total. The molecule has 0 unspecified atom stereocenters. The van der Waals surface area contributed by atoms with E-state index < -0.39 is 29.2 Å². The van der Waals surface area contributed by atoms with Gasteiger partial charge in [0.15, 0.2) is 0 Å². The maximum Gasteiger partial charge on any atom is 0.390 e. The number of nitrogens with one attached hydrogen (secondary N) is 1. The van der Waals surface area contributed by atoms with Crippen LogP contribution in [0.3, 0.4) is 0 Å². The van der Waals surface area contributed by atoms with Crippen LogP contribution in [0.15, 0.2) is 23.2 Å². The van der Waals surface area contributed by atoms with Crippen molar-refractivity contribution in [3.05, 3.63) is 24.0 Å². The molecular weight excluding hydrogens is 271 g/mol. The van der Waals surface area contributed by atoms with Crippen LogP contribution in [0, 0.1) is 0 Å². The molecule has 0 atom stereocenters. The van der Waals surface area contributed by atoms with Gasteiger partial charge in [-0.2, -0.15) is 13.2 Å². The van der Waals surface area contributed by atoms with Crippen molar-refractivity contribution in [2.75, 3.05) is 6.54 Å². The Hall–Kier alpha value is -1.19. The van der Waals surface area contributed by atoms with E-state index in [9.17, 15) is 21.6 Å². The van der Waals surface area contributed by atoms with Gasteiger partial charge in [-0.05, 0) is 12.1 Å². The smallest absolute Gasteiger partial charge is 0.325 e. The van der Waals surface area contributed by atoms with Crippen molar-refractivity contribution in [1.29, 1.82) is 0 Å². The Bertz CT molecular complexity index is 485. The van der Waals surface area contributed by atoms with E-state index >= 15 is 0 Å². The average molecular weight is 283 g/mol. The SMILES string of the molecule is NCc1ccc(S(=O)(=O)NCCC(F)(F)F)cn1. The second kappa shape index (κ2) is 5.63. The standard InChI is InChI=1S/C9H12F3N3O2S/c10-9(11,12)3-4-15-18(16,17)8-2-1-7(5-13)14-6-8/h1-2,6,15H,3-5,13H2. The van der Waals surface area contributed by atoms with Gasteiger partial charge in [0.05, 0.1) is 12.1 Å². The van der Waals surface area contributed by atoms with E-state index in [0.29, 0.717) is 5.69 Å². The van der Waals surface area contributed by atoms with Gasteiger partial charge in [0, 0.05) is 19.3 Å². The van der Waals surface area contributed by atoms with E-state index in [1.54, 1.807) is 0 Å². The summed E-state index contributed by atoms with van der Waals surface area (Å²) in [4.78, 5) is 3.56. The minimum Gasteiger partial charge on any atom is -0.325 e. The summed E-state index contributed by atoms with van der Waals surface area (Å²) in [7, 11) is -3.96. The highest BCUT2D eigenvalue weighted by atomic mass is 32.2. The first-order valence-electron chi connectivity index (χ1n) is 4.96. The Morgan fingerprint density at radius 3 is 2.44 bits per heavy atom. The Labute approximate surface area is 102 Å². The van der Waals surface area contributed by atoms with Gasteiger partial charge in [-0.3, -0.25) is 4.98 Å². The third kappa shape index (κ3) is 4.59. The molecule has 9 heteroatoms. The van der Waals surface area contributed by atoms with E-state index in [-0.39, 0.29) is 11.4 Å². The number of sulfonamides is 1. The van der Waals surface area contributed by atoms with Crippen LogP contribution in [0.25, 0.3) is 0 Å². The first-order valence-corrected chi connectivity index (χ1v) is 6.44. The topological polar surface area (TPSA) is 85.1 Å². The van der Waals surface area contributed by atoms with Crippen molar-refractivity contribution >= 4 is 10.0 Å². The zero-order valence-corrected chi connectivity index (χ0v) is 10.1. The molecule has 0 aliphatic rings. The summed E-state index contributed by atoms with van der Waals surface area (Å²) in [5, 5.41) is 0. The highest BCUT2D eigenvalue weighted by molar-refractivity contribution is 7.89. The maximum absolute atomic E-state index is 11.9. The lowest BCUT2D eigenvalue weighted by Crippen LogP contribution is -2.28. The number of hydrogen-bond donors (Lipinski definition) is 2. The second-order valence-electron chi connectivity index (χ2n) is 3.45. The van der Waals surface area contributed by atoms with Gasteiger partial charge >= 0.3 is 6.18 Å². The first kappa shape index (κ1) is 14.9. The normalized spacial score (nSPS) is 12.7. The summed E-state index contributed by atoms with van der Waals surface area (Å²) in [6, 6.07) is 2.64. The molecule has 1 aromatic heterocycles. The van der Waals surface area contributed by atoms with Crippen LogP contribution in [0.4, 0.5) is 13.2 Å². The molecule has 18 heavy (non-hydrogen) atoms. The second-order valence-corrected chi connectivity index (χ2v) is 5.22. The van der Waals surface area contributed by atoms with Gasteiger partial charge in [-0.25, -0.2) is 13.1 Å². The zero-order chi connectivity index (χ0) is 13.8. The lowest BCUT2D eigenvalue weighted by molar-refractivity contribution is -0.132. The van der Waals surface area contributed by atoms with Crippen molar-refractivity contribution in [2.45, 2.75) is 24.0 Å². The van der Waals surface area contributed by atoms with E-state index in [0.717, 1.165) is 6.20 Å². The largest absolute Gasteiger partial charge is 0.390 e. The first-order chi connectivity index (χ1) is 8.24. The Morgan fingerprint density at radius 2 is 2.00 bits per heavy atom. The Balaban J connectivity index is 2.68. The van der Waals surface area contributed by atoms with E-state index in [1.807, 2.05) is 4.72 Å². The molecule has 0 saturated heterocycles. The molecule has 1 heterocycles. The van der Waals surface area contributed by atoms with Crippen molar-refractivity contribution in [2.24, 2.45) is 5.73 Å². The van der Waals surface area contributed by atoms with Gasteiger partial charge in [0.2, 0.25) is 10.0 Å². The maximum atomic E-state index is 11.9. The minimum absolute atomic E-state index is 0.155. The number of alkyl halides is 3. The summed E-state index contributed by atoms with van der Waals surface area (Å²) in [5.74, 6) is 0. The molecule has 0 aromatic carbocycles. The predicted molar refractivity (Wildman–Crippen MR) is 58.0 cm³/mol. The van der Waals surface area contributed by atoms with E-state index in [1.165, 1.54) is 12.1 Å². The number of aromatic nitrogens is 1. The summed E-state index contributed by atoms with van der Waals surface area (Å²) >= 11 is 0. The summed E-state index contributed by atoms with van der Waals surface area (Å²) < 4.78 is 60.6. The van der Waals surface area contributed by atoms with Crippen LogP contribution in [-0.4, -0.2) is 26.1 Å². The predicted octanol–water partition coefficient (Wildman–Crippen LogP) is 0.771. The zero-order valence-electron chi connectivity index (χ0n) is 9.24. The van der Waals surface area contributed by atoms with Gasteiger partial charge in [-0.1, -0.05) is 0 Å². The molecule has 0 radical (unpaired) electrons. The molecule has 0 saturated carbocycles. The molecule has 1 aromatic rings. The van der Waals surface area contributed by atoms with Crippen molar-refractivity contribution in [1.82, 2.24) is 9.71 Å². The number of pyridine rings is 1. The molecule has 5 nitrogen and oxygen atoms in total. The van der Waals surface area contributed by atoms with Crippen LogP contribution in [0.2, 0.25) is 0 Å². The quantitative estimate of drug-likeness (QED) is 0.836. The number of rotatable bonds is 5. The summed E-state index contributed by atoms with van der Waals surface area (Å²) in [5.41, 5.74) is 5.77. The fraction of sp³-hybridized carbons (Fsp3) is 0.444. The third-order valence-corrected chi connectivity index (χ3v) is 3.46. The number of halogens is 3. The molecule has 0 aliphatic heterocycles. The summed E-state index contributed by atoms with van der Waals surface area (Å²) in [6.07, 6.45) is -4.57. The fourth-order valence-corrected chi connectivity index (χ4v) is 2.08. The minimum atomic E-state index is -4.40. The summed E-state index contributed by atoms with van der Waals surface area (Å²) in [6.45, 7) is -0.549. The van der Waals surface area contributed by atoms with Gasteiger partial charge in [-0.15, -0.1) is 0 Å². The van der Waals surface area contributed by atoms with Crippen LogP contribution in [0.1, 0.15) is 12.1 Å². The number of hydrogen-bond acceptors (Lipinski definition) is 4. The highest BCUT2D eigenvalue weighted by Crippen LogP contribution is 2.18. The molecule has 0 fully saturated rings. The van der Waals surface area contributed by atoms with Crippen molar-refractivity contribution < 1.29 is 21.6 Å². The lowest BCUT2D eigenvalue weighted by Gasteiger charge is -2.08. The lowest BCUT2D eigenvalue weighted by atomic mass is 10.4. The molecule has 1 rings (SSSR count). The van der Waals surface area contributed by atoms with Gasteiger partial charge in [0.25, 0.3) is 0 Å². The van der Waals surface area contributed by atoms with Gasteiger partial charge < -0.3 is 5.73 Å². The van der Waals surface area contributed by atoms with Gasteiger partial charge in [0.1, 0.15) is 4.90 Å². The Kier molecular flexibility index (Phi) is 4.65. The fourth-order valence-electron chi connectivity index (χ4n) is 1.10. The molecule has 0 spiro atoms. The molecule has 0 amide bonds. The number of nitrogens with zero attached hydrogens (tertiary/aromatic N) is 1. The van der Waals surface area contributed by atoms with Crippen LogP contribution in [-0.2, 0) is 16.6 Å². The molecule has 0 aliphatic carbocycles. The average Bonchev–Trinajstić information content (AvgIpc) is 2.27.